The van der Waals surface area contributed by atoms with Crippen molar-refractivity contribution in [1.82, 2.24) is 0 Å². The second-order valence-corrected chi connectivity index (χ2v) is 15.8. The zero-order valence-electron chi connectivity index (χ0n) is 36.3. The molecule has 0 radical (unpaired) electrons. The zero-order chi connectivity index (χ0) is 42.1. The first-order valence-corrected chi connectivity index (χ1v) is 22.4. The van der Waals surface area contributed by atoms with Crippen LogP contribution in [0.3, 0.4) is 0 Å². The number of hydrogen-bond acceptors (Lipinski definition) is 7. The molecule has 0 saturated carbocycles. The number of ether oxygens (including phenoxy) is 4. The van der Waals surface area contributed by atoms with Crippen molar-refractivity contribution in [3.63, 3.8) is 0 Å². The fourth-order valence-corrected chi connectivity index (χ4v) is 7.86. The molecular formula is C53H64O7. The van der Waals surface area contributed by atoms with Crippen LogP contribution in [0.2, 0.25) is 0 Å². The van der Waals surface area contributed by atoms with Gasteiger partial charge in [-0.15, -0.1) is 0 Å². The minimum Gasteiger partial charge on any atom is -0.493 e. The molecule has 7 nitrogen and oxygen atoms in total. The molecule has 7 heteroatoms. The molecule has 0 aliphatic heterocycles. The molecule has 60 heavy (non-hydrogen) atoms. The average molecular weight is 813 g/mol. The van der Waals surface area contributed by atoms with Crippen molar-refractivity contribution in [3.8, 4) is 34.1 Å². The fraction of sp³-hybridized carbons (Fsp3) is 0.415. The first kappa shape index (κ1) is 44.3. The van der Waals surface area contributed by atoms with E-state index in [1.165, 1.54) is 60.8 Å². The van der Waals surface area contributed by atoms with E-state index in [2.05, 4.69) is 94.9 Å². The maximum Gasteiger partial charge on any atom is 0.332 e. The second kappa shape index (κ2) is 22.9. The Bertz CT molecular complexity index is 2130. The molecule has 0 saturated heterocycles. The quantitative estimate of drug-likeness (QED) is 0.0233. The van der Waals surface area contributed by atoms with E-state index in [1.807, 2.05) is 24.3 Å². The van der Waals surface area contributed by atoms with Crippen LogP contribution < -0.4 is 9.47 Å². The Kier molecular flexibility index (Phi) is 16.9. The maximum absolute atomic E-state index is 11.7. The zero-order valence-corrected chi connectivity index (χ0v) is 36.3. The minimum absolute atomic E-state index is 0.130. The van der Waals surface area contributed by atoms with Crippen LogP contribution >= 0.6 is 0 Å². The first-order chi connectivity index (χ1) is 29.4. The Morgan fingerprint density at radius 2 is 1.12 bits per heavy atom. The van der Waals surface area contributed by atoms with Gasteiger partial charge in [-0.25, -0.2) is 4.79 Å². The lowest BCUT2D eigenvalue weighted by molar-refractivity contribution is -0.155. The molecule has 2 aromatic heterocycles. The van der Waals surface area contributed by atoms with Crippen LogP contribution in [-0.4, -0.2) is 32.1 Å². The number of aryl methyl sites for hydroxylation is 4. The summed E-state index contributed by atoms with van der Waals surface area (Å²) >= 11 is 0. The number of fused-ring (bicyclic) bond motifs is 2. The summed E-state index contributed by atoms with van der Waals surface area (Å²) in [6, 6.07) is 29.9. The van der Waals surface area contributed by atoms with E-state index in [9.17, 15) is 4.79 Å². The summed E-state index contributed by atoms with van der Waals surface area (Å²) in [4.78, 5) is 11.7. The summed E-state index contributed by atoms with van der Waals surface area (Å²) in [7, 11) is 0. The Hall–Kier alpha value is -5.27. The molecule has 4 aromatic carbocycles. The monoisotopic (exact) mass is 812 g/mol. The van der Waals surface area contributed by atoms with Gasteiger partial charge in [0.05, 0.1) is 19.3 Å². The van der Waals surface area contributed by atoms with Crippen molar-refractivity contribution in [2.24, 2.45) is 0 Å². The van der Waals surface area contributed by atoms with Crippen molar-refractivity contribution < 1.29 is 32.6 Å². The Labute approximate surface area is 357 Å². The third-order valence-electron chi connectivity index (χ3n) is 11.3. The number of hydrogen-bond donors (Lipinski definition) is 0. The van der Waals surface area contributed by atoms with E-state index in [1.54, 1.807) is 0 Å². The molecule has 0 aliphatic rings. The molecule has 0 spiro atoms. The van der Waals surface area contributed by atoms with Gasteiger partial charge in [-0.2, -0.15) is 0 Å². The van der Waals surface area contributed by atoms with Gasteiger partial charge in [0.1, 0.15) is 34.2 Å². The van der Waals surface area contributed by atoms with E-state index in [0.717, 1.165) is 114 Å². The van der Waals surface area contributed by atoms with Crippen LogP contribution in [0.15, 0.2) is 106 Å². The van der Waals surface area contributed by atoms with Crippen LogP contribution in [0.1, 0.15) is 114 Å². The van der Waals surface area contributed by atoms with Crippen LogP contribution in [0.4, 0.5) is 0 Å². The van der Waals surface area contributed by atoms with Crippen LogP contribution in [0.25, 0.3) is 44.6 Å². The number of furan rings is 2. The third kappa shape index (κ3) is 12.4. The molecule has 0 bridgehead atoms. The highest BCUT2D eigenvalue weighted by molar-refractivity contribution is 5.85. The highest BCUT2D eigenvalue weighted by Gasteiger charge is 2.15. The van der Waals surface area contributed by atoms with Crippen molar-refractivity contribution in [1.29, 1.82) is 0 Å². The van der Waals surface area contributed by atoms with Crippen LogP contribution in [0.5, 0.6) is 11.5 Å². The molecule has 6 rings (SSSR count). The van der Waals surface area contributed by atoms with E-state index in [4.69, 9.17) is 27.8 Å². The van der Waals surface area contributed by atoms with E-state index >= 15 is 0 Å². The first-order valence-electron chi connectivity index (χ1n) is 22.4. The van der Waals surface area contributed by atoms with Crippen LogP contribution in [-0.2, 0) is 40.0 Å². The van der Waals surface area contributed by atoms with Gasteiger partial charge in [-0.3, -0.25) is 0 Å². The number of unbranched alkanes of at least 4 members (excludes halogenated alkanes) is 4. The molecule has 0 amide bonds. The number of carbonyl (C=O) groups is 1. The highest BCUT2D eigenvalue weighted by atomic mass is 16.7. The lowest BCUT2D eigenvalue weighted by atomic mass is 9.97. The number of benzene rings is 4. The maximum atomic E-state index is 11.7. The lowest BCUT2D eigenvalue weighted by Crippen LogP contribution is -2.19. The van der Waals surface area contributed by atoms with Gasteiger partial charge in [0.2, 0.25) is 0 Å². The summed E-state index contributed by atoms with van der Waals surface area (Å²) in [5.74, 6) is 2.78. The van der Waals surface area contributed by atoms with E-state index in [-0.39, 0.29) is 12.9 Å². The van der Waals surface area contributed by atoms with Gasteiger partial charge < -0.3 is 27.8 Å². The van der Waals surface area contributed by atoms with Crippen LogP contribution in [0, 0.1) is 0 Å². The Morgan fingerprint density at radius 3 is 1.57 bits per heavy atom. The summed E-state index contributed by atoms with van der Waals surface area (Å²) in [5.41, 5.74) is 9.33. The molecule has 0 N–H and O–H groups in total. The standard InChI is InChI=1S/C53H64O7/c1-6-11-13-17-38-21-27-47(40(8-3)31-38)51-33-42-23-25-45(35-49(42)59-51)55-29-15-19-44(57-37-58-53(54)10-5)20-16-30-56-46-26-24-43-34-52(60-50(43)36-46)48-28-22-39(18-14-12-7-2)32-41(48)9-4/h10,21-28,31-36,44H,5-9,11-20,29-30,37H2,1-4H3. The molecule has 0 unspecified atom stereocenters. The SMILES string of the molecule is C=CC(=O)OCOC(CCCOc1ccc2cc(-c3ccc(CCCCC)cc3CC)oc2c1)CCCOc1ccc2cc(-c3ccc(CCCCC)cc3CC)oc2c1. The number of rotatable bonds is 26. The van der Waals surface area contributed by atoms with Gasteiger partial charge in [-0.1, -0.05) is 96.4 Å². The lowest BCUT2D eigenvalue weighted by Gasteiger charge is -2.18. The van der Waals surface area contributed by atoms with Crippen molar-refractivity contribution >= 4 is 27.9 Å². The minimum atomic E-state index is -0.510. The summed E-state index contributed by atoms with van der Waals surface area (Å²) in [5, 5.41) is 2.10. The van der Waals surface area contributed by atoms with E-state index < -0.39 is 5.97 Å². The summed E-state index contributed by atoms with van der Waals surface area (Å²) in [6.07, 6.45) is 15.5. The molecule has 6 aromatic rings. The van der Waals surface area contributed by atoms with Gasteiger partial charge in [0, 0.05) is 40.1 Å². The van der Waals surface area contributed by atoms with Gasteiger partial charge in [-0.05, 0) is 123 Å². The van der Waals surface area contributed by atoms with E-state index in [0.29, 0.717) is 13.2 Å². The number of carbonyl (C=O) groups excluding carboxylic acids is 1. The molecule has 0 fully saturated rings. The highest BCUT2D eigenvalue weighted by Crippen LogP contribution is 2.35. The Morgan fingerprint density at radius 1 is 0.617 bits per heavy atom. The average Bonchev–Trinajstić information content (AvgIpc) is 3.90. The smallest absolute Gasteiger partial charge is 0.332 e. The second-order valence-electron chi connectivity index (χ2n) is 15.8. The Balaban J connectivity index is 0.999. The summed E-state index contributed by atoms with van der Waals surface area (Å²) in [6.45, 7) is 13.3. The number of esters is 1. The molecular weight excluding hydrogens is 749 g/mol. The largest absolute Gasteiger partial charge is 0.493 e. The normalized spacial score (nSPS) is 11.5. The van der Waals surface area contributed by atoms with Gasteiger partial charge in [0.25, 0.3) is 0 Å². The molecule has 0 atom stereocenters. The topological polar surface area (TPSA) is 80.3 Å². The molecule has 0 aliphatic carbocycles. The predicted octanol–water partition coefficient (Wildman–Crippen LogP) is 14.2. The van der Waals surface area contributed by atoms with Gasteiger partial charge in [0.15, 0.2) is 6.79 Å². The predicted molar refractivity (Wildman–Crippen MR) is 244 cm³/mol. The third-order valence-corrected chi connectivity index (χ3v) is 11.3. The molecule has 318 valence electrons. The van der Waals surface area contributed by atoms with Crippen molar-refractivity contribution in [2.45, 2.75) is 124 Å². The molecule has 2 heterocycles. The summed E-state index contributed by atoms with van der Waals surface area (Å²) < 4.78 is 36.3. The van der Waals surface area contributed by atoms with Crippen molar-refractivity contribution in [2.75, 3.05) is 20.0 Å². The fourth-order valence-electron chi connectivity index (χ4n) is 7.86. The van der Waals surface area contributed by atoms with Gasteiger partial charge >= 0.3 is 5.97 Å². The van der Waals surface area contributed by atoms with Crippen molar-refractivity contribution in [3.05, 3.63) is 120 Å².